The lowest BCUT2D eigenvalue weighted by atomic mass is 10.1. The van der Waals surface area contributed by atoms with E-state index < -0.39 is 0 Å². The van der Waals surface area contributed by atoms with Crippen LogP contribution in [0.5, 0.6) is 5.75 Å². The van der Waals surface area contributed by atoms with E-state index in [9.17, 15) is 9.90 Å². The van der Waals surface area contributed by atoms with Gasteiger partial charge in [-0.2, -0.15) is 0 Å². The standard InChI is InChI=1S/C13H13NO2S/c1-7-11(13(16)14-8-5-6-8)12-9(15)3-2-4-10(12)17-7/h2-4,8,15H,5-6H2,1H3,(H,14,16). The van der Waals surface area contributed by atoms with Gasteiger partial charge < -0.3 is 10.4 Å². The van der Waals surface area contributed by atoms with Crippen molar-refractivity contribution in [1.29, 1.82) is 0 Å². The van der Waals surface area contributed by atoms with Crippen molar-refractivity contribution in [3.05, 3.63) is 28.6 Å². The summed E-state index contributed by atoms with van der Waals surface area (Å²) in [4.78, 5) is 13.1. The second-order valence-corrected chi connectivity index (χ2v) is 5.69. The Morgan fingerprint density at radius 3 is 2.94 bits per heavy atom. The zero-order valence-electron chi connectivity index (χ0n) is 9.49. The van der Waals surface area contributed by atoms with E-state index in [1.165, 1.54) is 0 Å². The molecule has 1 amide bonds. The monoisotopic (exact) mass is 247 g/mol. The molecule has 17 heavy (non-hydrogen) atoms. The maximum absolute atomic E-state index is 12.1. The van der Waals surface area contributed by atoms with Crippen LogP contribution in [-0.2, 0) is 0 Å². The Morgan fingerprint density at radius 2 is 2.24 bits per heavy atom. The van der Waals surface area contributed by atoms with Gasteiger partial charge in [-0.05, 0) is 31.9 Å². The average Bonchev–Trinajstić information content (AvgIpc) is 3.00. The van der Waals surface area contributed by atoms with Gasteiger partial charge in [0.15, 0.2) is 0 Å². The first-order valence-corrected chi connectivity index (χ1v) is 6.50. The van der Waals surface area contributed by atoms with Gasteiger partial charge in [0, 0.05) is 21.0 Å². The minimum absolute atomic E-state index is 0.0576. The number of phenolic OH excluding ortho intramolecular Hbond substituents is 1. The number of phenols is 1. The zero-order chi connectivity index (χ0) is 12.0. The fraction of sp³-hybridized carbons (Fsp3) is 0.308. The molecule has 2 aromatic rings. The Bertz CT molecular complexity index is 599. The predicted molar refractivity (Wildman–Crippen MR) is 68.7 cm³/mol. The maximum atomic E-state index is 12.1. The third-order valence-electron chi connectivity index (χ3n) is 3.01. The van der Waals surface area contributed by atoms with E-state index in [0.717, 1.165) is 22.4 Å². The van der Waals surface area contributed by atoms with Crippen molar-refractivity contribution in [3.63, 3.8) is 0 Å². The molecular weight excluding hydrogens is 234 g/mol. The van der Waals surface area contributed by atoms with Crippen molar-refractivity contribution >= 4 is 27.3 Å². The molecule has 3 nitrogen and oxygen atoms in total. The molecule has 1 saturated carbocycles. The highest BCUT2D eigenvalue weighted by Gasteiger charge is 2.26. The van der Waals surface area contributed by atoms with Crippen molar-refractivity contribution in [2.45, 2.75) is 25.8 Å². The van der Waals surface area contributed by atoms with Gasteiger partial charge in [-0.1, -0.05) is 6.07 Å². The van der Waals surface area contributed by atoms with Crippen LogP contribution >= 0.6 is 11.3 Å². The summed E-state index contributed by atoms with van der Waals surface area (Å²) >= 11 is 1.55. The Morgan fingerprint density at radius 1 is 1.47 bits per heavy atom. The minimum atomic E-state index is -0.0576. The van der Waals surface area contributed by atoms with Gasteiger partial charge >= 0.3 is 0 Å². The van der Waals surface area contributed by atoms with Gasteiger partial charge in [0.2, 0.25) is 0 Å². The van der Waals surface area contributed by atoms with Gasteiger partial charge in [0.25, 0.3) is 5.91 Å². The van der Waals surface area contributed by atoms with E-state index in [1.54, 1.807) is 23.5 Å². The van der Waals surface area contributed by atoms with E-state index in [-0.39, 0.29) is 11.7 Å². The Hall–Kier alpha value is -1.55. The van der Waals surface area contributed by atoms with Crippen molar-refractivity contribution in [3.8, 4) is 5.75 Å². The lowest BCUT2D eigenvalue weighted by Crippen LogP contribution is -2.25. The fourth-order valence-corrected chi connectivity index (χ4v) is 3.09. The van der Waals surface area contributed by atoms with E-state index in [4.69, 9.17) is 0 Å². The lowest BCUT2D eigenvalue weighted by Gasteiger charge is -2.04. The van der Waals surface area contributed by atoms with E-state index in [1.807, 2.05) is 13.0 Å². The van der Waals surface area contributed by atoms with Crippen LogP contribution in [0.3, 0.4) is 0 Å². The van der Waals surface area contributed by atoms with Crippen LogP contribution in [0, 0.1) is 6.92 Å². The van der Waals surface area contributed by atoms with Crippen molar-refractivity contribution in [2.24, 2.45) is 0 Å². The summed E-state index contributed by atoms with van der Waals surface area (Å²) < 4.78 is 0.962. The van der Waals surface area contributed by atoms with Crippen molar-refractivity contribution in [2.75, 3.05) is 0 Å². The van der Waals surface area contributed by atoms with E-state index in [0.29, 0.717) is 17.0 Å². The molecule has 0 unspecified atom stereocenters. The molecule has 0 atom stereocenters. The molecule has 0 saturated heterocycles. The average molecular weight is 247 g/mol. The van der Waals surface area contributed by atoms with Crippen LogP contribution in [0.2, 0.25) is 0 Å². The van der Waals surface area contributed by atoms with Crippen LogP contribution in [0.4, 0.5) is 0 Å². The molecule has 1 fully saturated rings. The number of hydrogen-bond donors (Lipinski definition) is 2. The largest absolute Gasteiger partial charge is 0.507 e. The molecule has 2 N–H and O–H groups in total. The number of aromatic hydroxyl groups is 1. The number of rotatable bonds is 2. The molecule has 4 heteroatoms. The second-order valence-electron chi connectivity index (χ2n) is 4.43. The van der Waals surface area contributed by atoms with Crippen LogP contribution in [0.1, 0.15) is 28.1 Å². The molecule has 1 heterocycles. The van der Waals surface area contributed by atoms with Crippen LogP contribution in [0.15, 0.2) is 18.2 Å². The normalized spacial score (nSPS) is 15.1. The first-order chi connectivity index (χ1) is 8.16. The molecule has 0 radical (unpaired) electrons. The Balaban J connectivity index is 2.13. The number of carbonyl (C=O) groups is 1. The first-order valence-electron chi connectivity index (χ1n) is 5.69. The molecule has 88 valence electrons. The lowest BCUT2D eigenvalue weighted by molar-refractivity contribution is 0.0952. The number of fused-ring (bicyclic) bond motifs is 1. The molecule has 0 aliphatic heterocycles. The molecule has 1 aliphatic carbocycles. The van der Waals surface area contributed by atoms with Crippen LogP contribution in [-0.4, -0.2) is 17.1 Å². The maximum Gasteiger partial charge on any atom is 0.253 e. The molecule has 1 aliphatic rings. The highest BCUT2D eigenvalue weighted by molar-refractivity contribution is 7.19. The molecule has 0 spiro atoms. The number of thiophene rings is 1. The summed E-state index contributed by atoms with van der Waals surface area (Å²) in [6.45, 7) is 1.92. The van der Waals surface area contributed by atoms with Gasteiger partial charge in [-0.25, -0.2) is 0 Å². The molecular formula is C13H13NO2S. The van der Waals surface area contributed by atoms with Gasteiger partial charge in [-0.3, -0.25) is 4.79 Å². The first kappa shape index (κ1) is 10.6. The van der Waals surface area contributed by atoms with Gasteiger partial charge in [0.05, 0.1) is 5.56 Å². The highest BCUT2D eigenvalue weighted by atomic mass is 32.1. The second kappa shape index (κ2) is 3.74. The van der Waals surface area contributed by atoms with Crippen LogP contribution < -0.4 is 5.32 Å². The summed E-state index contributed by atoms with van der Waals surface area (Å²) in [6.07, 6.45) is 2.14. The Kier molecular flexibility index (Phi) is 2.33. The molecule has 0 bridgehead atoms. The predicted octanol–water partition coefficient (Wildman–Crippen LogP) is 2.81. The smallest absolute Gasteiger partial charge is 0.253 e. The number of nitrogens with one attached hydrogen (secondary N) is 1. The summed E-state index contributed by atoms with van der Waals surface area (Å²) in [5, 5.41) is 13.6. The third kappa shape index (κ3) is 1.78. The highest BCUT2D eigenvalue weighted by Crippen LogP contribution is 2.36. The SMILES string of the molecule is Cc1sc2cccc(O)c2c1C(=O)NC1CC1. The minimum Gasteiger partial charge on any atom is -0.507 e. The molecule has 1 aromatic carbocycles. The van der Waals surface area contributed by atoms with Crippen molar-refractivity contribution < 1.29 is 9.90 Å². The van der Waals surface area contributed by atoms with Gasteiger partial charge in [0.1, 0.15) is 5.75 Å². The van der Waals surface area contributed by atoms with E-state index in [2.05, 4.69) is 5.32 Å². The number of amides is 1. The van der Waals surface area contributed by atoms with Crippen LogP contribution in [0.25, 0.3) is 10.1 Å². The summed E-state index contributed by atoms with van der Waals surface area (Å²) in [5.74, 6) is 0.130. The molecule has 1 aromatic heterocycles. The van der Waals surface area contributed by atoms with E-state index >= 15 is 0 Å². The third-order valence-corrected chi connectivity index (χ3v) is 4.08. The number of aryl methyl sites for hydroxylation is 1. The number of benzene rings is 1. The van der Waals surface area contributed by atoms with Crippen molar-refractivity contribution in [1.82, 2.24) is 5.32 Å². The zero-order valence-corrected chi connectivity index (χ0v) is 10.3. The number of carbonyl (C=O) groups excluding carboxylic acids is 1. The quantitative estimate of drug-likeness (QED) is 0.857. The summed E-state index contributed by atoms with van der Waals surface area (Å²) in [5.41, 5.74) is 0.634. The topological polar surface area (TPSA) is 49.3 Å². The summed E-state index contributed by atoms with van der Waals surface area (Å²) in [7, 11) is 0. The summed E-state index contributed by atoms with van der Waals surface area (Å²) in [6, 6.07) is 5.70. The fourth-order valence-electron chi connectivity index (χ4n) is 2.01. The Labute approximate surface area is 103 Å². The van der Waals surface area contributed by atoms with Gasteiger partial charge in [-0.15, -0.1) is 11.3 Å². The molecule has 3 rings (SSSR count). The number of hydrogen-bond acceptors (Lipinski definition) is 3.